The van der Waals surface area contributed by atoms with Gasteiger partial charge in [-0.15, -0.1) is 12.6 Å². The summed E-state index contributed by atoms with van der Waals surface area (Å²) in [6.45, 7) is 16.9. The second-order valence-electron chi connectivity index (χ2n) is 21.5. The Morgan fingerprint density at radius 1 is 0.545 bits per heavy atom. The molecular formula is C63H56BNS. The average molecular weight is 870 g/mol. The molecule has 0 unspecified atom stereocenters. The van der Waals surface area contributed by atoms with Crippen molar-refractivity contribution in [2.75, 3.05) is 4.90 Å². The van der Waals surface area contributed by atoms with E-state index in [4.69, 9.17) is 20.5 Å². The fourth-order valence-corrected chi connectivity index (χ4v) is 12.4. The smallest absolute Gasteiger partial charge is 0.117 e. The molecule has 0 N–H and O–H groups in total. The Labute approximate surface area is 398 Å². The van der Waals surface area contributed by atoms with Crippen LogP contribution in [0.1, 0.15) is 118 Å². The highest BCUT2D eigenvalue weighted by molar-refractivity contribution is 7.80. The van der Waals surface area contributed by atoms with Gasteiger partial charge in [0, 0.05) is 27.1 Å². The Balaban J connectivity index is 1.28. The van der Waals surface area contributed by atoms with Crippen LogP contribution in [0, 0.1) is 6.92 Å². The molecule has 0 spiro atoms. The van der Waals surface area contributed by atoms with Crippen LogP contribution in [0.15, 0.2) is 150 Å². The van der Waals surface area contributed by atoms with E-state index in [1.54, 1.807) is 0 Å². The van der Waals surface area contributed by atoms with Gasteiger partial charge in [0.1, 0.15) is 7.85 Å². The van der Waals surface area contributed by atoms with Crippen molar-refractivity contribution in [2.45, 2.75) is 101 Å². The summed E-state index contributed by atoms with van der Waals surface area (Å²) in [5, 5.41) is 2.49. The first kappa shape index (κ1) is 41.4. The fraction of sp³-hybridized carbons (Fsp3) is 0.238. The van der Waals surface area contributed by atoms with E-state index in [9.17, 15) is 0 Å². The van der Waals surface area contributed by atoms with Crippen molar-refractivity contribution < 1.29 is 0 Å². The third-order valence-electron chi connectivity index (χ3n) is 16.0. The average Bonchev–Trinajstić information content (AvgIpc) is 4.13. The number of hydrogen-bond acceptors (Lipinski definition) is 2. The van der Waals surface area contributed by atoms with Crippen molar-refractivity contribution in [1.82, 2.24) is 0 Å². The summed E-state index contributed by atoms with van der Waals surface area (Å²) < 4.78 is 0. The molecule has 0 saturated heterocycles. The Kier molecular flexibility index (Phi) is 9.25. The molecule has 1 heterocycles. The van der Waals surface area contributed by atoms with Crippen LogP contribution in [0.25, 0.3) is 67.1 Å². The minimum absolute atomic E-state index is 0.0118. The Bertz CT molecular complexity index is 3380. The van der Waals surface area contributed by atoms with Gasteiger partial charge in [0.15, 0.2) is 0 Å². The molecule has 2 radical (unpaired) electrons. The van der Waals surface area contributed by atoms with Crippen LogP contribution in [0.4, 0.5) is 11.4 Å². The third-order valence-corrected chi connectivity index (χ3v) is 16.3. The second kappa shape index (κ2) is 14.7. The minimum atomic E-state index is -0.296. The second-order valence-corrected chi connectivity index (χ2v) is 22.0. The zero-order valence-corrected chi connectivity index (χ0v) is 40.2. The molecule has 1 aliphatic heterocycles. The molecule has 3 aliphatic carbocycles. The highest BCUT2D eigenvalue weighted by Crippen LogP contribution is 2.58. The number of rotatable bonds is 5. The number of benzene rings is 8. The summed E-state index contributed by atoms with van der Waals surface area (Å²) in [4.78, 5) is 3.48. The quantitative estimate of drug-likeness (QED) is 0.133. The monoisotopic (exact) mass is 869 g/mol. The van der Waals surface area contributed by atoms with Crippen LogP contribution < -0.4 is 10.4 Å². The van der Waals surface area contributed by atoms with E-state index in [2.05, 4.69) is 205 Å². The number of anilines is 2. The number of thiol groups is 1. The van der Waals surface area contributed by atoms with Gasteiger partial charge >= 0.3 is 0 Å². The number of hydrogen-bond donors (Lipinski definition) is 1. The van der Waals surface area contributed by atoms with Crippen LogP contribution in [-0.2, 0) is 16.2 Å². The van der Waals surface area contributed by atoms with Crippen molar-refractivity contribution in [3.05, 3.63) is 190 Å². The van der Waals surface area contributed by atoms with Crippen LogP contribution in [0.2, 0.25) is 0 Å². The van der Waals surface area contributed by atoms with Gasteiger partial charge in [-0.05, 0) is 180 Å². The van der Waals surface area contributed by atoms with Gasteiger partial charge in [0.25, 0.3) is 0 Å². The van der Waals surface area contributed by atoms with Crippen molar-refractivity contribution in [3.63, 3.8) is 0 Å². The lowest BCUT2D eigenvalue weighted by molar-refractivity contribution is 0.331. The number of fused-ring (bicyclic) bond motifs is 10. The van der Waals surface area contributed by atoms with E-state index in [0.717, 1.165) is 50.5 Å². The number of aryl methyl sites for hydroxylation is 1. The molecule has 0 amide bonds. The van der Waals surface area contributed by atoms with Gasteiger partial charge in [0.2, 0.25) is 0 Å². The summed E-state index contributed by atoms with van der Waals surface area (Å²) in [6.07, 6.45) is 7.28. The van der Waals surface area contributed by atoms with Gasteiger partial charge in [-0.1, -0.05) is 156 Å². The van der Waals surface area contributed by atoms with E-state index >= 15 is 0 Å². The van der Waals surface area contributed by atoms with E-state index < -0.39 is 0 Å². The highest BCUT2D eigenvalue weighted by atomic mass is 32.1. The summed E-state index contributed by atoms with van der Waals surface area (Å²) in [7, 11) is 8.05. The van der Waals surface area contributed by atoms with Crippen molar-refractivity contribution in [3.8, 4) is 44.5 Å². The third kappa shape index (κ3) is 6.29. The zero-order valence-electron chi connectivity index (χ0n) is 39.3. The normalized spacial score (nSPS) is 18.1. The SMILES string of the molecule is [B]c1c2cc3c(c1-c1cccc(-c4cc5ccccc5cc4C)c1/C=C(/c1cc4c(cc1C1CC1)C(C)(C)CCC4(C)C)N2c1ccc(S)cc1-c1ccccc1)C(C)(C)c1ccccc1-3. The topological polar surface area (TPSA) is 3.24 Å². The number of nitrogens with zero attached hydrogens (tertiary/aromatic N) is 1. The Morgan fingerprint density at radius 3 is 1.94 bits per heavy atom. The summed E-state index contributed by atoms with van der Waals surface area (Å²) in [6, 6.07) is 54.8. The maximum atomic E-state index is 8.05. The van der Waals surface area contributed by atoms with Gasteiger partial charge in [0.05, 0.1) is 11.4 Å². The van der Waals surface area contributed by atoms with E-state index in [1.165, 1.54) is 102 Å². The van der Waals surface area contributed by atoms with Crippen LogP contribution in [0.3, 0.4) is 0 Å². The first-order valence-corrected chi connectivity index (χ1v) is 24.5. The molecule has 0 atom stereocenters. The van der Waals surface area contributed by atoms with E-state index in [1.807, 2.05) is 0 Å². The zero-order chi connectivity index (χ0) is 45.4. The molecular weight excluding hydrogens is 814 g/mol. The maximum Gasteiger partial charge on any atom is 0.117 e. The van der Waals surface area contributed by atoms with Crippen molar-refractivity contribution in [2.24, 2.45) is 0 Å². The molecule has 1 saturated carbocycles. The van der Waals surface area contributed by atoms with Crippen molar-refractivity contribution in [1.29, 1.82) is 0 Å². The molecule has 8 aromatic carbocycles. The standard InChI is InChI=1S/C63H56BNS/c1-37-30-40-18-11-12-19-41(40)31-46(37)43-21-15-22-45-49(43)35-56(50-34-54-53(33-47(50)39-24-25-39)61(2,3)28-29-62(54,4)5)65(55-27-26-42(66)32-48(55)38-16-9-8-10-17-38)57-36-51-44-20-13-14-23-52(44)63(6,7)59(51)58(45)60(57)64/h8-23,26-27,30-36,39,66H,24-25,28-29H2,1-7H3/b56-35-. The molecule has 0 aromatic heterocycles. The molecule has 3 heteroatoms. The predicted octanol–water partition coefficient (Wildman–Crippen LogP) is 16.4. The highest BCUT2D eigenvalue weighted by Gasteiger charge is 2.43. The van der Waals surface area contributed by atoms with Crippen molar-refractivity contribution >= 4 is 59.9 Å². The summed E-state index contributed by atoms with van der Waals surface area (Å²) in [5.74, 6) is 0.491. The molecule has 1 fully saturated rings. The fourth-order valence-electron chi connectivity index (χ4n) is 12.2. The van der Waals surface area contributed by atoms with E-state index in [-0.39, 0.29) is 16.2 Å². The molecule has 12 rings (SSSR count). The van der Waals surface area contributed by atoms with Gasteiger partial charge < -0.3 is 4.90 Å². The molecule has 322 valence electrons. The summed E-state index contributed by atoms with van der Waals surface area (Å²) in [5.41, 5.74) is 24.2. The lowest BCUT2D eigenvalue weighted by Crippen LogP contribution is -2.34. The van der Waals surface area contributed by atoms with Crippen LogP contribution >= 0.6 is 12.6 Å². The Hall–Kier alpha value is -6.03. The van der Waals surface area contributed by atoms with Gasteiger partial charge in [-0.2, -0.15) is 0 Å². The lowest BCUT2D eigenvalue weighted by atomic mass is 9.62. The molecule has 4 aliphatic rings. The van der Waals surface area contributed by atoms with Crippen LogP contribution in [-0.4, -0.2) is 7.85 Å². The molecule has 8 aromatic rings. The largest absolute Gasteiger partial charge is 0.310 e. The predicted molar refractivity (Wildman–Crippen MR) is 285 cm³/mol. The first-order valence-electron chi connectivity index (χ1n) is 24.0. The van der Waals surface area contributed by atoms with Gasteiger partial charge in [-0.25, -0.2) is 0 Å². The molecule has 2 bridgehead atoms. The Morgan fingerprint density at radius 2 is 1.20 bits per heavy atom. The van der Waals surface area contributed by atoms with Gasteiger partial charge in [-0.3, -0.25) is 0 Å². The molecule has 66 heavy (non-hydrogen) atoms. The summed E-state index contributed by atoms with van der Waals surface area (Å²) >= 11 is 5.01. The maximum absolute atomic E-state index is 8.05. The van der Waals surface area contributed by atoms with Crippen LogP contribution in [0.5, 0.6) is 0 Å². The lowest BCUT2D eigenvalue weighted by Gasteiger charge is -2.43. The first-order chi connectivity index (χ1) is 31.7. The van der Waals surface area contributed by atoms with E-state index in [0.29, 0.717) is 5.92 Å². The molecule has 1 nitrogen and oxygen atoms in total. The minimum Gasteiger partial charge on any atom is -0.310 e.